The molecule has 3 aromatic carbocycles. The summed E-state index contributed by atoms with van der Waals surface area (Å²) < 4.78 is 5.64. The molecular weight excluding hydrogens is 286 g/mol. The van der Waals surface area contributed by atoms with Crippen molar-refractivity contribution in [3.63, 3.8) is 0 Å². The average Bonchev–Trinajstić information content (AvgIpc) is 2.98. The molecule has 1 atom stereocenters. The van der Waals surface area contributed by atoms with Crippen LogP contribution in [0.1, 0.15) is 23.7 Å². The molecule has 1 aliphatic rings. The molecule has 1 amide bonds. The van der Waals surface area contributed by atoms with Gasteiger partial charge in [0.25, 0.3) is 0 Å². The lowest BCUT2D eigenvalue weighted by molar-refractivity contribution is 0.112. The molecule has 0 aromatic heterocycles. The summed E-state index contributed by atoms with van der Waals surface area (Å²) in [5.74, 6) is 0. The maximum atomic E-state index is 12.3. The lowest BCUT2D eigenvalue weighted by atomic mass is 10.1. The van der Waals surface area contributed by atoms with Gasteiger partial charge in [-0.1, -0.05) is 60.7 Å². The van der Waals surface area contributed by atoms with Crippen LogP contribution in [0, 0.1) is 0 Å². The predicted octanol–water partition coefficient (Wildman–Crippen LogP) is 5.08. The summed E-state index contributed by atoms with van der Waals surface area (Å²) in [4.78, 5) is 12.3. The molecule has 114 valence electrons. The third-order valence-corrected chi connectivity index (χ3v) is 4.35. The van der Waals surface area contributed by atoms with Crippen molar-refractivity contribution in [1.82, 2.24) is 0 Å². The summed E-state index contributed by atoms with van der Waals surface area (Å²) in [6.07, 6.45) is 1.26. The van der Waals surface area contributed by atoms with Crippen molar-refractivity contribution < 1.29 is 9.53 Å². The number of hydrogen-bond donors (Lipinski definition) is 1. The Labute approximate surface area is 134 Å². The third-order valence-electron chi connectivity index (χ3n) is 4.35. The van der Waals surface area contributed by atoms with Crippen LogP contribution in [0.25, 0.3) is 10.8 Å². The molecule has 0 saturated carbocycles. The standard InChI is InChI=1S/C20H17NO2/c22-20(23-19-13-12-15-7-2-4-10-17(15)19)21-18-11-5-8-14-6-1-3-9-16(14)18/h1-11,19H,12-13H2,(H,21,22). The molecule has 0 bridgehead atoms. The van der Waals surface area contributed by atoms with Crippen LogP contribution in [0.3, 0.4) is 0 Å². The van der Waals surface area contributed by atoms with Gasteiger partial charge in [0.15, 0.2) is 0 Å². The normalized spacial score (nSPS) is 16.1. The van der Waals surface area contributed by atoms with Crippen molar-refractivity contribution in [2.45, 2.75) is 18.9 Å². The van der Waals surface area contributed by atoms with Crippen molar-refractivity contribution in [1.29, 1.82) is 0 Å². The number of ether oxygens (including phenoxy) is 1. The molecule has 4 rings (SSSR count). The molecule has 0 spiro atoms. The number of anilines is 1. The molecule has 0 fully saturated rings. The van der Waals surface area contributed by atoms with E-state index in [1.165, 1.54) is 5.56 Å². The Kier molecular flexibility index (Phi) is 3.46. The smallest absolute Gasteiger partial charge is 0.412 e. The Morgan fingerprint density at radius 1 is 0.957 bits per heavy atom. The van der Waals surface area contributed by atoms with Gasteiger partial charge in [0.05, 0.1) is 5.69 Å². The maximum Gasteiger partial charge on any atom is 0.412 e. The second kappa shape index (κ2) is 5.76. The van der Waals surface area contributed by atoms with Gasteiger partial charge in [0.2, 0.25) is 0 Å². The molecule has 23 heavy (non-hydrogen) atoms. The van der Waals surface area contributed by atoms with Gasteiger partial charge in [-0.3, -0.25) is 5.32 Å². The van der Waals surface area contributed by atoms with E-state index in [9.17, 15) is 4.79 Å². The largest absolute Gasteiger partial charge is 0.441 e. The minimum absolute atomic E-state index is 0.152. The number of nitrogens with one attached hydrogen (secondary N) is 1. The highest BCUT2D eigenvalue weighted by atomic mass is 16.6. The molecule has 1 aliphatic carbocycles. The summed E-state index contributed by atoms with van der Waals surface area (Å²) in [5.41, 5.74) is 3.18. The van der Waals surface area contributed by atoms with Crippen LogP contribution >= 0.6 is 0 Å². The van der Waals surface area contributed by atoms with Crippen LogP contribution in [-0.4, -0.2) is 6.09 Å². The minimum Gasteiger partial charge on any atom is -0.441 e. The van der Waals surface area contributed by atoms with E-state index in [0.717, 1.165) is 34.9 Å². The van der Waals surface area contributed by atoms with Gasteiger partial charge in [0, 0.05) is 5.39 Å². The van der Waals surface area contributed by atoms with Crippen LogP contribution in [0.4, 0.5) is 10.5 Å². The van der Waals surface area contributed by atoms with E-state index >= 15 is 0 Å². The Balaban J connectivity index is 1.52. The van der Waals surface area contributed by atoms with Crippen molar-refractivity contribution in [3.05, 3.63) is 77.9 Å². The first-order valence-electron chi connectivity index (χ1n) is 7.84. The first-order valence-corrected chi connectivity index (χ1v) is 7.84. The lowest BCUT2D eigenvalue weighted by Crippen LogP contribution is -2.16. The summed E-state index contributed by atoms with van der Waals surface area (Å²) in [6.45, 7) is 0. The molecule has 0 heterocycles. The number of fused-ring (bicyclic) bond motifs is 2. The summed E-state index contributed by atoms with van der Waals surface area (Å²) >= 11 is 0. The number of amides is 1. The third kappa shape index (κ3) is 2.66. The zero-order valence-electron chi connectivity index (χ0n) is 12.7. The van der Waals surface area contributed by atoms with E-state index in [0.29, 0.717) is 0 Å². The first kappa shape index (κ1) is 13.8. The number of carbonyl (C=O) groups excluding carboxylic acids is 1. The van der Waals surface area contributed by atoms with Gasteiger partial charge in [-0.05, 0) is 35.4 Å². The van der Waals surface area contributed by atoms with Crippen molar-refractivity contribution >= 4 is 22.6 Å². The maximum absolute atomic E-state index is 12.3. The van der Waals surface area contributed by atoms with Crippen LogP contribution in [0.2, 0.25) is 0 Å². The predicted molar refractivity (Wildman–Crippen MR) is 91.6 cm³/mol. The van der Waals surface area contributed by atoms with Crippen molar-refractivity contribution in [3.8, 4) is 0 Å². The van der Waals surface area contributed by atoms with E-state index in [4.69, 9.17) is 4.74 Å². The topological polar surface area (TPSA) is 38.3 Å². The summed E-state index contributed by atoms with van der Waals surface area (Å²) in [6, 6.07) is 22.0. The Hall–Kier alpha value is -2.81. The SMILES string of the molecule is O=C(Nc1cccc2ccccc12)OC1CCc2ccccc21. The number of aryl methyl sites for hydroxylation is 1. The lowest BCUT2D eigenvalue weighted by Gasteiger charge is -2.15. The fourth-order valence-corrected chi connectivity index (χ4v) is 3.24. The molecule has 1 N–H and O–H groups in total. The first-order chi connectivity index (χ1) is 11.3. The molecular formula is C20H17NO2. The monoisotopic (exact) mass is 303 g/mol. The highest BCUT2D eigenvalue weighted by Crippen LogP contribution is 2.34. The van der Waals surface area contributed by atoms with Crippen LogP contribution in [-0.2, 0) is 11.2 Å². The summed E-state index contributed by atoms with van der Waals surface area (Å²) in [5, 5.41) is 4.99. The Morgan fingerprint density at radius 3 is 2.70 bits per heavy atom. The highest BCUT2D eigenvalue weighted by molar-refractivity contribution is 6.00. The van der Waals surface area contributed by atoms with E-state index < -0.39 is 6.09 Å². The van der Waals surface area contributed by atoms with Gasteiger partial charge in [-0.25, -0.2) is 4.79 Å². The van der Waals surface area contributed by atoms with E-state index in [1.807, 2.05) is 60.7 Å². The Bertz CT molecular complexity index is 867. The quantitative estimate of drug-likeness (QED) is 0.717. The second-order valence-electron chi connectivity index (χ2n) is 5.78. The molecule has 3 heteroatoms. The zero-order chi connectivity index (χ0) is 15.6. The Morgan fingerprint density at radius 2 is 1.74 bits per heavy atom. The molecule has 3 aromatic rings. The van der Waals surface area contributed by atoms with Gasteiger partial charge in [-0.15, -0.1) is 0 Å². The molecule has 1 unspecified atom stereocenters. The summed E-state index contributed by atoms with van der Waals surface area (Å²) in [7, 11) is 0. The molecule has 0 saturated heterocycles. The van der Waals surface area contributed by atoms with Crippen LogP contribution in [0.5, 0.6) is 0 Å². The number of rotatable bonds is 2. The molecule has 3 nitrogen and oxygen atoms in total. The number of benzene rings is 3. The zero-order valence-corrected chi connectivity index (χ0v) is 12.7. The van der Waals surface area contributed by atoms with Crippen LogP contribution < -0.4 is 5.32 Å². The van der Waals surface area contributed by atoms with Gasteiger partial charge in [-0.2, -0.15) is 0 Å². The fraction of sp³-hybridized carbons (Fsp3) is 0.150. The van der Waals surface area contributed by atoms with E-state index in [1.54, 1.807) is 0 Å². The number of carbonyl (C=O) groups is 1. The minimum atomic E-state index is -0.400. The van der Waals surface area contributed by atoms with Gasteiger partial charge < -0.3 is 4.74 Å². The molecule has 0 aliphatic heterocycles. The number of hydrogen-bond acceptors (Lipinski definition) is 2. The van der Waals surface area contributed by atoms with Crippen LogP contribution in [0.15, 0.2) is 66.7 Å². The van der Waals surface area contributed by atoms with Crippen molar-refractivity contribution in [2.24, 2.45) is 0 Å². The average molecular weight is 303 g/mol. The fourth-order valence-electron chi connectivity index (χ4n) is 3.24. The van der Waals surface area contributed by atoms with Crippen molar-refractivity contribution in [2.75, 3.05) is 5.32 Å². The highest BCUT2D eigenvalue weighted by Gasteiger charge is 2.25. The van der Waals surface area contributed by atoms with Gasteiger partial charge in [0.1, 0.15) is 6.10 Å². The second-order valence-corrected chi connectivity index (χ2v) is 5.78. The van der Waals surface area contributed by atoms with E-state index in [2.05, 4.69) is 11.4 Å². The van der Waals surface area contributed by atoms with Gasteiger partial charge >= 0.3 is 6.09 Å². The van der Waals surface area contributed by atoms with E-state index in [-0.39, 0.29) is 6.10 Å². The molecule has 0 radical (unpaired) electrons.